The molecule has 0 spiro atoms. The normalized spacial score (nSPS) is 19.2. The molecule has 4 nitrogen and oxygen atoms in total. The van der Waals surface area contributed by atoms with Gasteiger partial charge in [0.2, 0.25) is 5.78 Å². The van der Waals surface area contributed by atoms with Crippen molar-refractivity contribution in [2.75, 3.05) is 7.11 Å². The van der Waals surface area contributed by atoms with Crippen LogP contribution in [0.4, 0.5) is 0 Å². The summed E-state index contributed by atoms with van der Waals surface area (Å²) in [4.78, 5) is 12.6. The minimum absolute atomic E-state index is 0.0478. The van der Waals surface area contributed by atoms with Crippen LogP contribution in [0.3, 0.4) is 0 Å². The fourth-order valence-corrected chi connectivity index (χ4v) is 3.06. The molecule has 0 amide bonds. The number of nitrogens with zero attached hydrogens (tertiary/aromatic N) is 2. The lowest BCUT2D eigenvalue weighted by molar-refractivity contribution is -0.0201. The Morgan fingerprint density at radius 1 is 1.47 bits per heavy atom. The minimum Gasteiger partial charge on any atom is -0.370 e. The van der Waals surface area contributed by atoms with Gasteiger partial charge in [0.1, 0.15) is 11.3 Å². The maximum atomic E-state index is 12.6. The van der Waals surface area contributed by atoms with E-state index in [1.807, 2.05) is 0 Å². The molecule has 1 heterocycles. The average molecular weight is 301 g/mol. The molecule has 5 heteroatoms. The molecule has 0 unspecified atom stereocenters. The number of methoxy groups -OCH3 is 1. The smallest absolute Gasteiger partial charge is 0.213 e. The summed E-state index contributed by atoms with van der Waals surface area (Å²) in [6, 6.07) is 0. The molecule has 0 atom stereocenters. The van der Waals surface area contributed by atoms with E-state index in [0.717, 1.165) is 30.2 Å². The molecule has 0 N–H and O–H groups in total. The molecule has 1 aromatic heterocycles. The Morgan fingerprint density at radius 3 is 2.59 bits per heavy atom. The molecule has 0 aromatic carbocycles. The highest BCUT2D eigenvalue weighted by molar-refractivity contribution is 9.10. The molecule has 1 aromatic rings. The monoisotopic (exact) mass is 300 g/mol. The summed E-state index contributed by atoms with van der Waals surface area (Å²) < 4.78 is 7.92. The lowest BCUT2D eigenvalue weighted by Crippen LogP contribution is -2.43. The number of carbonyl (C=O) groups is 1. The zero-order valence-corrected chi connectivity index (χ0v) is 11.8. The second kappa shape index (κ2) is 4.90. The zero-order chi connectivity index (χ0) is 12.5. The highest BCUT2D eigenvalue weighted by atomic mass is 79.9. The van der Waals surface area contributed by atoms with Crippen LogP contribution >= 0.6 is 15.9 Å². The van der Waals surface area contributed by atoms with Gasteiger partial charge in [-0.25, -0.2) is 0 Å². The van der Waals surface area contributed by atoms with Crippen molar-refractivity contribution >= 4 is 21.7 Å². The van der Waals surface area contributed by atoms with E-state index in [9.17, 15) is 4.79 Å². The van der Waals surface area contributed by atoms with Crippen molar-refractivity contribution in [1.82, 2.24) is 9.78 Å². The third-order valence-corrected chi connectivity index (χ3v) is 4.16. The highest BCUT2D eigenvalue weighted by Gasteiger charge is 2.42. The second-order valence-corrected chi connectivity index (χ2v) is 5.41. The summed E-state index contributed by atoms with van der Waals surface area (Å²) in [6.07, 6.45) is 6.55. The fraction of sp³-hybridized carbons (Fsp3) is 0.667. The Kier molecular flexibility index (Phi) is 3.68. The number of ketones is 1. The third kappa shape index (κ3) is 2.18. The zero-order valence-electron chi connectivity index (χ0n) is 10.2. The van der Waals surface area contributed by atoms with Crippen molar-refractivity contribution in [1.29, 1.82) is 0 Å². The van der Waals surface area contributed by atoms with E-state index in [-0.39, 0.29) is 5.78 Å². The molecule has 1 saturated carbocycles. The fourth-order valence-electron chi connectivity index (χ4n) is 2.53. The van der Waals surface area contributed by atoms with Crippen LogP contribution in [0.5, 0.6) is 0 Å². The summed E-state index contributed by atoms with van der Waals surface area (Å²) in [7, 11) is 3.41. The van der Waals surface area contributed by atoms with E-state index in [0.29, 0.717) is 5.69 Å². The van der Waals surface area contributed by atoms with Gasteiger partial charge in [-0.1, -0.05) is 19.3 Å². The van der Waals surface area contributed by atoms with Crippen LogP contribution in [0.1, 0.15) is 42.6 Å². The summed E-state index contributed by atoms with van der Waals surface area (Å²) >= 11 is 3.38. The first-order valence-electron chi connectivity index (χ1n) is 5.88. The predicted molar refractivity (Wildman–Crippen MR) is 68.1 cm³/mol. The summed E-state index contributed by atoms with van der Waals surface area (Å²) in [6.45, 7) is 0. The van der Waals surface area contributed by atoms with Crippen LogP contribution in [0.25, 0.3) is 0 Å². The molecule has 1 aliphatic rings. The lowest BCUT2D eigenvalue weighted by atomic mass is 9.80. The van der Waals surface area contributed by atoms with Crippen LogP contribution in [0.15, 0.2) is 10.7 Å². The molecule has 94 valence electrons. The first-order valence-corrected chi connectivity index (χ1v) is 6.67. The summed E-state index contributed by atoms with van der Waals surface area (Å²) in [5.74, 6) is 0.0478. The minimum atomic E-state index is -0.644. The van der Waals surface area contributed by atoms with Crippen LogP contribution in [0.2, 0.25) is 0 Å². The van der Waals surface area contributed by atoms with Crippen molar-refractivity contribution in [2.45, 2.75) is 37.7 Å². The second-order valence-electron chi connectivity index (χ2n) is 4.55. The van der Waals surface area contributed by atoms with Crippen molar-refractivity contribution < 1.29 is 9.53 Å². The molecular formula is C12H17BrN2O2. The molecule has 0 bridgehead atoms. The summed E-state index contributed by atoms with van der Waals surface area (Å²) in [5.41, 5.74) is -0.0390. The Morgan fingerprint density at radius 2 is 2.12 bits per heavy atom. The molecule has 1 fully saturated rings. The van der Waals surface area contributed by atoms with Gasteiger partial charge < -0.3 is 4.74 Å². The number of hydrogen-bond donors (Lipinski definition) is 0. The number of hydrogen-bond acceptors (Lipinski definition) is 3. The number of halogens is 1. The van der Waals surface area contributed by atoms with Crippen LogP contribution in [0, 0.1) is 0 Å². The number of aromatic nitrogens is 2. The van der Waals surface area contributed by atoms with Gasteiger partial charge in [-0.15, -0.1) is 0 Å². The van der Waals surface area contributed by atoms with Gasteiger partial charge in [-0.3, -0.25) is 9.48 Å². The topological polar surface area (TPSA) is 44.1 Å². The van der Waals surface area contributed by atoms with Gasteiger partial charge in [0.05, 0.1) is 10.7 Å². The third-order valence-electron chi connectivity index (χ3n) is 3.57. The Labute approximate surface area is 109 Å². The van der Waals surface area contributed by atoms with Crippen molar-refractivity contribution in [2.24, 2.45) is 7.05 Å². The molecule has 0 saturated heterocycles. The van der Waals surface area contributed by atoms with Gasteiger partial charge in [0.25, 0.3) is 0 Å². The lowest BCUT2D eigenvalue weighted by Gasteiger charge is -2.34. The van der Waals surface area contributed by atoms with Gasteiger partial charge in [0.15, 0.2) is 0 Å². The largest absolute Gasteiger partial charge is 0.370 e. The first kappa shape index (κ1) is 12.8. The van der Waals surface area contributed by atoms with E-state index in [1.165, 1.54) is 6.42 Å². The molecular weight excluding hydrogens is 284 g/mol. The molecule has 1 aliphatic carbocycles. The van der Waals surface area contributed by atoms with E-state index in [4.69, 9.17) is 4.74 Å². The number of rotatable bonds is 3. The average Bonchev–Trinajstić information content (AvgIpc) is 2.69. The van der Waals surface area contributed by atoms with Gasteiger partial charge in [-0.2, -0.15) is 5.10 Å². The molecule has 0 radical (unpaired) electrons. The highest BCUT2D eigenvalue weighted by Crippen LogP contribution is 2.35. The quantitative estimate of drug-likeness (QED) is 0.806. The summed E-state index contributed by atoms with van der Waals surface area (Å²) in [5, 5.41) is 4.09. The number of Topliss-reactive ketones (excluding diaryl/α,β-unsaturated/α-hetero) is 1. The van der Waals surface area contributed by atoms with E-state index >= 15 is 0 Å². The van der Waals surface area contributed by atoms with E-state index in [1.54, 1.807) is 25.0 Å². The van der Waals surface area contributed by atoms with Gasteiger partial charge >= 0.3 is 0 Å². The SMILES string of the molecule is COC1(C(=O)c2c(Br)cnn2C)CCCCC1. The van der Waals surface area contributed by atoms with Crippen molar-refractivity contribution in [3.63, 3.8) is 0 Å². The maximum absolute atomic E-state index is 12.6. The van der Waals surface area contributed by atoms with Gasteiger partial charge in [-0.05, 0) is 28.8 Å². The number of ether oxygens (including phenoxy) is 1. The van der Waals surface area contributed by atoms with E-state index < -0.39 is 5.60 Å². The standard InChI is InChI=1S/C12H17BrN2O2/c1-15-10(9(13)8-14-15)11(16)12(17-2)6-4-3-5-7-12/h8H,3-7H2,1-2H3. The predicted octanol–water partition coefficient (Wildman–Crippen LogP) is 2.71. The van der Waals surface area contributed by atoms with Crippen LogP contribution in [-0.4, -0.2) is 28.3 Å². The Bertz CT molecular complexity index is 403. The molecule has 0 aliphatic heterocycles. The Hall–Kier alpha value is -0.680. The number of carbonyl (C=O) groups excluding carboxylic acids is 1. The Balaban J connectivity index is 2.35. The number of aryl methyl sites for hydroxylation is 1. The van der Waals surface area contributed by atoms with Crippen LogP contribution in [-0.2, 0) is 11.8 Å². The van der Waals surface area contributed by atoms with E-state index in [2.05, 4.69) is 21.0 Å². The van der Waals surface area contributed by atoms with Crippen molar-refractivity contribution in [3.8, 4) is 0 Å². The van der Waals surface area contributed by atoms with Gasteiger partial charge in [0, 0.05) is 14.2 Å². The first-order chi connectivity index (χ1) is 8.10. The van der Waals surface area contributed by atoms with Crippen molar-refractivity contribution in [3.05, 3.63) is 16.4 Å². The maximum Gasteiger partial charge on any atom is 0.213 e. The molecule has 17 heavy (non-hydrogen) atoms. The molecule has 2 rings (SSSR count). The van der Waals surface area contributed by atoms with Crippen LogP contribution < -0.4 is 0 Å².